The van der Waals surface area contributed by atoms with Crippen LogP contribution in [0.4, 0.5) is 10.5 Å². The molecular weight excluding hydrogens is 282 g/mol. The van der Waals surface area contributed by atoms with E-state index < -0.39 is 11.1 Å². The number of guanidine groups is 1. The maximum Gasteiger partial charge on any atom is 0.404 e. The van der Waals surface area contributed by atoms with Crippen molar-refractivity contribution in [1.82, 2.24) is 5.32 Å². The van der Waals surface area contributed by atoms with E-state index in [2.05, 4.69) is 15.7 Å². The molecule has 5 N–H and O–H groups in total. The molecule has 0 saturated carbocycles. The number of hydrazone groups is 1. The summed E-state index contributed by atoms with van der Waals surface area (Å²) in [6.07, 6.45) is -1.18. The van der Waals surface area contributed by atoms with Crippen LogP contribution in [0.25, 0.3) is 0 Å². The number of nitrogens with one attached hydrogen (secondary N) is 2. The van der Waals surface area contributed by atoms with E-state index in [9.17, 15) is 14.9 Å². The van der Waals surface area contributed by atoms with Gasteiger partial charge >= 0.3 is 6.09 Å². The average Bonchev–Trinajstić information content (AvgIpc) is 2.37. The molecule has 0 aromatic heterocycles. The molecule has 0 atom stereocenters. The molecule has 10 heteroatoms. The predicted molar refractivity (Wildman–Crippen MR) is 74.7 cm³/mol. The number of nitrogens with zero attached hydrogens (tertiary/aromatic N) is 2. The predicted octanol–water partition coefficient (Wildman–Crippen LogP) is 0.771. The Morgan fingerprint density at radius 1 is 1.57 bits per heavy atom. The van der Waals surface area contributed by atoms with Crippen LogP contribution in [0.15, 0.2) is 23.3 Å². The number of carboxylic acid groups (broad SMARTS) is 1. The number of rotatable bonds is 6. The van der Waals surface area contributed by atoms with Crippen LogP contribution >= 0.6 is 0 Å². The third-order valence-corrected chi connectivity index (χ3v) is 2.25. The monoisotopic (exact) mass is 297 g/mol. The lowest BCUT2D eigenvalue weighted by Gasteiger charge is -2.12. The Kier molecular flexibility index (Phi) is 5.74. The molecule has 0 fully saturated rings. The van der Waals surface area contributed by atoms with E-state index in [-0.39, 0.29) is 12.5 Å². The van der Waals surface area contributed by atoms with Crippen molar-refractivity contribution in [3.05, 3.63) is 33.9 Å². The molecule has 0 heterocycles. The van der Waals surface area contributed by atoms with E-state index in [1.165, 1.54) is 0 Å². The number of ether oxygens (including phenoxy) is 1. The minimum absolute atomic E-state index is 0.0203. The van der Waals surface area contributed by atoms with Crippen molar-refractivity contribution < 1.29 is 19.7 Å². The summed E-state index contributed by atoms with van der Waals surface area (Å²) in [4.78, 5) is 20.7. The van der Waals surface area contributed by atoms with Crippen molar-refractivity contribution in [2.24, 2.45) is 10.8 Å². The fourth-order valence-electron chi connectivity index (χ4n) is 1.52. The van der Waals surface area contributed by atoms with Gasteiger partial charge < -0.3 is 26.2 Å². The zero-order chi connectivity index (χ0) is 15.8. The molecule has 0 radical (unpaired) electrons. The Hall–Kier alpha value is -3.04. The number of carbonyl (C=O) groups is 1. The minimum atomic E-state index is -1.18. The molecule has 1 aromatic rings. The Labute approximate surface area is 119 Å². The van der Waals surface area contributed by atoms with Crippen LogP contribution in [0.2, 0.25) is 0 Å². The fourth-order valence-corrected chi connectivity index (χ4v) is 1.52. The molecule has 21 heavy (non-hydrogen) atoms. The van der Waals surface area contributed by atoms with Gasteiger partial charge in [0.15, 0.2) is 5.03 Å². The van der Waals surface area contributed by atoms with Gasteiger partial charge in [0.1, 0.15) is 10.9 Å². The van der Waals surface area contributed by atoms with Crippen molar-refractivity contribution in [1.29, 1.82) is 0 Å². The third-order valence-electron chi connectivity index (χ3n) is 2.25. The smallest absolute Gasteiger partial charge is 0.404 e. The highest BCUT2D eigenvalue weighted by Crippen LogP contribution is 2.23. The van der Waals surface area contributed by atoms with Crippen LogP contribution in [0, 0.1) is 10.1 Å². The molecule has 10 nitrogen and oxygen atoms in total. The molecular formula is C11H15N5O5. The summed E-state index contributed by atoms with van der Waals surface area (Å²) in [6, 6.07) is 4.74. The zero-order valence-electron chi connectivity index (χ0n) is 11.2. The number of benzene rings is 1. The summed E-state index contributed by atoms with van der Waals surface area (Å²) in [5, 5.41) is 25.5. The third kappa shape index (κ3) is 5.63. The first-order valence-electron chi connectivity index (χ1n) is 5.90. The van der Waals surface area contributed by atoms with Gasteiger partial charge in [-0.2, -0.15) is 0 Å². The number of anilines is 1. The molecule has 1 rings (SSSR count). The van der Waals surface area contributed by atoms with E-state index in [4.69, 9.17) is 15.6 Å². The quantitative estimate of drug-likeness (QED) is 0.262. The SMILES string of the molecule is CCOc1ccc(NC(N)=N[N+](=O)[O-])cc1CNC(=O)O. The van der Waals surface area contributed by atoms with Crippen molar-refractivity contribution in [2.45, 2.75) is 13.5 Å². The first-order valence-corrected chi connectivity index (χ1v) is 5.90. The lowest BCUT2D eigenvalue weighted by atomic mass is 10.1. The van der Waals surface area contributed by atoms with Crippen molar-refractivity contribution in [3.63, 3.8) is 0 Å². The fraction of sp³-hybridized carbons (Fsp3) is 0.273. The van der Waals surface area contributed by atoms with Gasteiger partial charge in [-0.15, -0.1) is 0 Å². The highest BCUT2D eigenvalue weighted by atomic mass is 16.7. The van der Waals surface area contributed by atoms with Gasteiger partial charge in [-0.05, 0) is 25.1 Å². The van der Waals surface area contributed by atoms with E-state index in [0.717, 1.165) is 0 Å². The Bertz CT molecular complexity index is 560. The maximum atomic E-state index is 10.5. The Morgan fingerprint density at radius 2 is 2.29 bits per heavy atom. The molecule has 0 unspecified atom stereocenters. The van der Waals surface area contributed by atoms with Crippen LogP contribution in [-0.4, -0.2) is 28.8 Å². The molecule has 1 amide bonds. The largest absolute Gasteiger partial charge is 0.494 e. The second kappa shape index (κ2) is 7.53. The van der Waals surface area contributed by atoms with Crippen LogP contribution in [0.3, 0.4) is 0 Å². The topological polar surface area (TPSA) is 152 Å². The average molecular weight is 297 g/mol. The molecule has 0 aliphatic carbocycles. The summed E-state index contributed by atoms with van der Waals surface area (Å²) in [5.41, 5.74) is 6.31. The van der Waals surface area contributed by atoms with Crippen LogP contribution in [0.1, 0.15) is 12.5 Å². The highest BCUT2D eigenvalue weighted by Gasteiger charge is 2.08. The summed E-state index contributed by atoms with van der Waals surface area (Å²) in [6.45, 7) is 2.23. The van der Waals surface area contributed by atoms with Crippen molar-refractivity contribution >= 4 is 17.7 Å². The van der Waals surface area contributed by atoms with Gasteiger partial charge in [-0.1, -0.05) is 0 Å². The van der Waals surface area contributed by atoms with Gasteiger partial charge in [0.2, 0.25) is 0 Å². The van der Waals surface area contributed by atoms with Gasteiger partial charge in [-0.25, -0.2) is 14.9 Å². The maximum absolute atomic E-state index is 10.5. The van der Waals surface area contributed by atoms with E-state index in [1.807, 2.05) is 0 Å². The molecule has 114 valence electrons. The number of nitro groups is 1. The molecule has 0 aliphatic rings. The molecule has 0 saturated heterocycles. The summed E-state index contributed by atoms with van der Waals surface area (Å²) in [5.74, 6) is 0.114. The van der Waals surface area contributed by atoms with Crippen molar-refractivity contribution in [2.75, 3.05) is 11.9 Å². The summed E-state index contributed by atoms with van der Waals surface area (Å²) >= 11 is 0. The van der Waals surface area contributed by atoms with Crippen LogP contribution in [-0.2, 0) is 6.54 Å². The van der Waals surface area contributed by atoms with E-state index in [0.29, 0.717) is 23.6 Å². The number of amides is 1. The number of hydrogen-bond acceptors (Lipinski definition) is 4. The Balaban J connectivity index is 2.94. The zero-order valence-corrected chi connectivity index (χ0v) is 11.2. The second-order valence-corrected chi connectivity index (χ2v) is 3.76. The number of nitrogens with two attached hydrogens (primary N) is 1. The van der Waals surface area contributed by atoms with Gasteiger partial charge in [0.25, 0.3) is 5.96 Å². The van der Waals surface area contributed by atoms with Gasteiger partial charge in [0.05, 0.1) is 6.61 Å². The highest BCUT2D eigenvalue weighted by molar-refractivity contribution is 5.91. The first-order chi connectivity index (χ1) is 9.92. The van der Waals surface area contributed by atoms with E-state index in [1.54, 1.807) is 25.1 Å². The van der Waals surface area contributed by atoms with Gasteiger partial charge in [-0.3, -0.25) is 0 Å². The summed E-state index contributed by atoms with van der Waals surface area (Å²) in [7, 11) is 0. The lowest BCUT2D eigenvalue weighted by molar-refractivity contribution is -0.485. The molecule has 0 bridgehead atoms. The standard InChI is InChI=1S/C11H15N5O5/c1-2-21-9-4-3-8(14-10(12)15-16(19)20)5-7(9)6-13-11(17)18/h3-5,13H,2,6H2,1H3,(H,17,18)(H3,12,14,15). The second-order valence-electron chi connectivity index (χ2n) is 3.76. The van der Waals surface area contributed by atoms with Crippen LogP contribution < -0.4 is 21.1 Å². The molecule has 1 aromatic carbocycles. The number of hydrogen-bond donors (Lipinski definition) is 4. The lowest BCUT2D eigenvalue weighted by Crippen LogP contribution is -2.24. The minimum Gasteiger partial charge on any atom is -0.494 e. The summed E-state index contributed by atoms with van der Waals surface area (Å²) < 4.78 is 5.36. The van der Waals surface area contributed by atoms with E-state index >= 15 is 0 Å². The molecule has 0 spiro atoms. The van der Waals surface area contributed by atoms with Gasteiger partial charge in [0, 0.05) is 17.8 Å². The Morgan fingerprint density at radius 3 is 2.86 bits per heavy atom. The molecule has 0 aliphatic heterocycles. The first kappa shape index (κ1) is 16.0. The van der Waals surface area contributed by atoms with Crippen LogP contribution in [0.5, 0.6) is 5.75 Å². The normalized spacial score (nSPS) is 10.8. The van der Waals surface area contributed by atoms with Crippen molar-refractivity contribution in [3.8, 4) is 5.75 Å².